The first kappa shape index (κ1) is 20.4. The van der Waals surface area contributed by atoms with Gasteiger partial charge in [0.25, 0.3) is 5.91 Å². The van der Waals surface area contributed by atoms with Gasteiger partial charge in [0.2, 0.25) is 0 Å². The molecule has 0 aliphatic carbocycles. The van der Waals surface area contributed by atoms with Crippen molar-refractivity contribution >= 4 is 18.0 Å². The number of nitrogens with zero attached hydrogens (tertiary/aromatic N) is 2. The number of hydrogen-bond donors (Lipinski definition) is 1. The number of carbonyl (C=O) groups is 2. The van der Waals surface area contributed by atoms with E-state index in [1.807, 2.05) is 20.9 Å². The zero-order valence-electron chi connectivity index (χ0n) is 16.0. The summed E-state index contributed by atoms with van der Waals surface area (Å²) in [6.07, 6.45) is 2.58. The van der Waals surface area contributed by atoms with Crippen LogP contribution in [-0.4, -0.2) is 34.3 Å². The maximum atomic E-state index is 12.9. The normalized spacial score (nSPS) is 12.2. The largest absolute Gasteiger partial charge is 0.449 e. The second-order valence-electron chi connectivity index (χ2n) is 6.29. The number of benzene rings is 1. The number of ether oxygens (including phenoxy) is 1. The molecule has 0 bridgehead atoms. The van der Waals surface area contributed by atoms with Crippen LogP contribution in [0.5, 0.6) is 0 Å². The standard InChI is InChI=1S/C20H24FN3O3/c1-13-18(14(2)24(4)23-13)9-10-19(25)27-15(3)20(26)22-12-11-16-5-7-17(21)8-6-16/h5-10,15H,11-12H2,1-4H3,(H,22,26)/b10-9+/t15-/m1/s1. The van der Waals surface area contributed by atoms with Gasteiger partial charge in [0.1, 0.15) is 5.82 Å². The molecule has 27 heavy (non-hydrogen) atoms. The first-order valence-electron chi connectivity index (χ1n) is 8.69. The molecule has 0 unspecified atom stereocenters. The summed E-state index contributed by atoms with van der Waals surface area (Å²) in [6, 6.07) is 6.08. The Morgan fingerprint density at radius 2 is 1.96 bits per heavy atom. The third-order valence-corrected chi connectivity index (χ3v) is 4.24. The summed E-state index contributed by atoms with van der Waals surface area (Å²) in [5.74, 6) is -1.28. The molecule has 0 aliphatic heterocycles. The minimum absolute atomic E-state index is 0.298. The van der Waals surface area contributed by atoms with E-state index in [9.17, 15) is 14.0 Å². The zero-order chi connectivity index (χ0) is 20.0. The quantitative estimate of drug-likeness (QED) is 0.598. The molecule has 0 spiro atoms. The van der Waals surface area contributed by atoms with E-state index in [0.29, 0.717) is 13.0 Å². The van der Waals surface area contributed by atoms with Gasteiger partial charge in [-0.3, -0.25) is 9.48 Å². The summed E-state index contributed by atoms with van der Waals surface area (Å²) in [7, 11) is 1.83. The van der Waals surface area contributed by atoms with E-state index >= 15 is 0 Å². The van der Waals surface area contributed by atoms with Crippen molar-refractivity contribution in [3.63, 3.8) is 0 Å². The van der Waals surface area contributed by atoms with Gasteiger partial charge in [-0.25, -0.2) is 9.18 Å². The Labute approximate surface area is 158 Å². The molecule has 0 radical (unpaired) electrons. The van der Waals surface area contributed by atoms with Crippen molar-refractivity contribution in [2.45, 2.75) is 33.3 Å². The van der Waals surface area contributed by atoms with E-state index in [2.05, 4.69) is 10.4 Å². The van der Waals surface area contributed by atoms with Crippen LogP contribution in [-0.2, 0) is 27.8 Å². The van der Waals surface area contributed by atoms with Crippen LogP contribution in [0.4, 0.5) is 4.39 Å². The fourth-order valence-electron chi connectivity index (χ4n) is 2.57. The molecule has 1 aromatic carbocycles. The van der Waals surface area contributed by atoms with Gasteiger partial charge in [0.05, 0.1) is 5.69 Å². The smallest absolute Gasteiger partial charge is 0.331 e. The number of aromatic nitrogens is 2. The zero-order valence-corrected chi connectivity index (χ0v) is 16.0. The topological polar surface area (TPSA) is 73.2 Å². The number of amides is 1. The van der Waals surface area contributed by atoms with Gasteiger partial charge in [-0.15, -0.1) is 0 Å². The summed E-state index contributed by atoms with van der Waals surface area (Å²) >= 11 is 0. The SMILES string of the molecule is Cc1nn(C)c(C)c1/C=C/C(=O)O[C@H](C)C(=O)NCCc1ccc(F)cc1. The van der Waals surface area contributed by atoms with Crippen LogP contribution >= 0.6 is 0 Å². The molecule has 6 nitrogen and oxygen atoms in total. The molecule has 2 aromatic rings. The van der Waals surface area contributed by atoms with Gasteiger partial charge in [-0.1, -0.05) is 12.1 Å². The number of aryl methyl sites for hydroxylation is 2. The second-order valence-corrected chi connectivity index (χ2v) is 6.29. The van der Waals surface area contributed by atoms with Crippen molar-refractivity contribution in [3.8, 4) is 0 Å². The maximum absolute atomic E-state index is 12.9. The van der Waals surface area contributed by atoms with Crippen molar-refractivity contribution in [2.24, 2.45) is 7.05 Å². The molecule has 1 heterocycles. The maximum Gasteiger partial charge on any atom is 0.331 e. The van der Waals surface area contributed by atoms with E-state index in [-0.39, 0.29) is 11.7 Å². The molecule has 1 aromatic heterocycles. The Bertz CT molecular complexity index is 841. The molecule has 1 atom stereocenters. The minimum Gasteiger partial charge on any atom is -0.449 e. The summed E-state index contributed by atoms with van der Waals surface area (Å²) < 4.78 is 19.7. The highest BCUT2D eigenvalue weighted by Gasteiger charge is 2.16. The van der Waals surface area contributed by atoms with Crippen LogP contribution in [0.25, 0.3) is 6.08 Å². The van der Waals surface area contributed by atoms with Gasteiger partial charge in [-0.05, 0) is 51.0 Å². The molecule has 1 N–H and O–H groups in total. The third-order valence-electron chi connectivity index (χ3n) is 4.24. The summed E-state index contributed by atoms with van der Waals surface area (Å²) in [5, 5.41) is 6.97. The Hall–Kier alpha value is -2.96. The summed E-state index contributed by atoms with van der Waals surface area (Å²) in [5.41, 5.74) is 3.51. The lowest BCUT2D eigenvalue weighted by molar-refractivity contribution is -0.150. The van der Waals surface area contributed by atoms with Crippen molar-refractivity contribution in [3.05, 3.63) is 58.7 Å². The Morgan fingerprint density at radius 3 is 2.56 bits per heavy atom. The summed E-state index contributed by atoms with van der Waals surface area (Å²) in [4.78, 5) is 24.0. The second kappa shape index (κ2) is 9.12. The minimum atomic E-state index is -0.911. The molecule has 2 rings (SSSR count). The van der Waals surface area contributed by atoms with E-state index in [4.69, 9.17) is 4.74 Å². The molecule has 0 saturated carbocycles. The first-order chi connectivity index (χ1) is 12.8. The van der Waals surface area contributed by atoms with Gasteiger partial charge in [-0.2, -0.15) is 5.10 Å². The number of carbonyl (C=O) groups excluding carboxylic acids is 2. The van der Waals surface area contributed by atoms with Gasteiger partial charge < -0.3 is 10.1 Å². The molecular weight excluding hydrogens is 349 g/mol. The van der Waals surface area contributed by atoms with Crippen LogP contribution < -0.4 is 5.32 Å². The number of hydrogen-bond acceptors (Lipinski definition) is 4. The van der Waals surface area contributed by atoms with Crippen LogP contribution in [0, 0.1) is 19.7 Å². The number of halogens is 1. The average molecular weight is 373 g/mol. The van der Waals surface area contributed by atoms with Crippen molar-refractivity contribution in [2.75, 3.05) is 6.54 Å². The number of esters is 1. The monoisotopic (exact) mass is 373 g/mol. The van der Waals surface area contributed by atoms with Crippen molar-refractivity contribution in [1.29, 1.82) is 0 Å². The van der Waals surface area contributed by atoms with Gasteiger partial charge >= 0.3 is 5.97 Å². The first-order valence-corrected chi connectivity index (χ1v) is 8.69. The van der Waals surface area contributed by atoms with E-state index in [1.54, 1.807) is 22.9 Å². The van der Waals surface area contributed by atoms with E-state index in [0.717, 1.165) is 22.5 Å². The molecule has 0 saturated heterocycles. The third kappa shape index (κ3) is 5.77. The lowest BCUT2D eigenvalue weighted by atomic mass is 10.1. The molecule has 7 heteroatoms. The highest BCUT2D eigenvalue weighted by atomic mass is 19.1. The fourth-order valence-corrected chi connectivity index (χ4v) is 2.57. The number of rotatable bonds is 7. The average Bonchev–Trinajstić information content (AvgIpc) is 2.86. The van der Waals surface area contributed by atoms with E-state index < -0.39 is 12.1 Å². The highest BCUT2D eigenvalue weighted by Crippen LogP contribution is 2.13. The lowest BCUT2D eigenvalue weighted by Crippen LogP contribution is -2.36. The van der Waals surface area contributed by atoms with Crippen LogP contribution in [0.15, 0.2) is 30.3 Å². The van der Waals surface area contributed by atoms with Crippen LogP contribution in [0.2, 0.25) is 0 Å². The molecule has 0 aliphatic rings. The Kier molecular flexibility index (Phi) is 6.87. The van der Waals surface area contributed by atoms with Crippen molar-refractivity contribution in [1.82, 2.24) is 15.1 Å². The van der Waals surface area contributed by atoms with Crippen LogP contribution in [0.1, 0.15) is 29.4 Å². The van der Waals surface area contributed by atoms with E-state index in [1.165, 1.54) is 25.1 Å². The van der Waals surface area contributed by atoms with Crippen LogP contribution in [0.3, 0.4) is 0 Å². The molecule has 0 fully saturated rings. The lowest BCUT2D eigenvalue weighted by Gasteiger charge is -2.12. The van der Waals surface area contributed by atoms with Gasteiger partial charge in [0, 0.05) is 30.9 Å². The Balaban J connectivity index is 1.80. The van der Waals surface area contributed by atoms with Crippen molar-refractivity contribution < 1.29 is 18.7 Å². The molecular formula is C20H24FN3O3. The Morgan fingerprint density at radius 1 is 1.30 bits per heavy atom. The highest BCUT2D eigenvalue weighted by molar-refractivity contribution is 5.90. The molecule has 144 valence electrons. The fraction of sp³-hybridized carbons (Fsp3) is 0.350. The number of nitrogens with one attached hydrogen (secondary N) is 1. The summed E-state index contributed by atoms with van der Waals surface area (Å²) in [6.45, 7) is 5.65. The van der Waals surface area contributed by atoms with Gasteiger partial charge in [0.15, 0.2) is 6.10 Å². The predicted octanol–water partition coefficient (Wildman–Crippen LogP) is 2.48. The molecule has 1 amide bonds. The predicted molar refractivity (Wildman–Crippen MR) is 100 cm³/mol.